The molecule has 0 aliphatic rings. The van der Waals surface area contributed by atoms with E-state index < -0.39 is 0 Å². The van der Waals surface area contributed by atoms with Gasteiger partial charge in [-0.15, -0.1) is 10.2 Å². The number of rotatable bonds is 4. The minimum Gasteiger partial charge on any atom is -0.486 e. The summed E-state index contributed by atoms with van der Waals surface area (Å²) in [5, 5.41) is 12.8. The number of hydrogen-bond acceptors (Lipinski definition) is 6. The third-order valence-corrected chi connectivity index (χ3v) is 4.40. The van der Waals surface area contributed by atoms with Crippen molar-refractivity contribution in [2.75, 3.05) is 0 Å². The lowest BCUT2D eigenvalue weighted by molar-refractivity contribution is 0.299. The Morgan fingerprint density at radius 3 is 2.78 bits per heavy atom. The Kier molecular flexibility index (Phi) is 4.12. The SMILES string of the molecule is Cc1ccc(C(C)C)c(OCc2nn3c(=O)c(C)nnc3s2)c1. The minimum absolute atomic E-state index is 0.240. The van der Waals surface area contributed by atoms with Gasteiger partial charge in [-0.25, -0.2) is 0 Å². The highest BCUT2D eigenvalue weighted by atomic mass is 32.1. The van der Waals surface area contributed by atoms with Gasteiger partial charge in [0.1, 0.15) is 18.1 Å². The average Bonchev–Trinajstić information content (AvgIpc) is 2.93. The molecular formula is C16H18N4O2S. The summed E-state index contributed by atoms with van der Waals surface area (Å²) >= 11 is 1.31. The van der Waals surface area contributed by atoms with Gasteiger partial charge in [-0.3, -0.25) is 4.79 Å². The number of nitrogens with zero attached hydrogens (tertiary/aromatic N) is 4. The summed E-state index contributed by atoms with van der Waals surface area (Å²) < 4.78 is 7.23. The van der Waals surface area contributed by atoms with Crippen molar-refractivity contribution < 1.29 is 4.74 Å². The van der Waals surface area contributed by atoms with Crippen LogP contribution in [0.15, 0.2) is 23.0 Å². The highest BCUT2D eigenvalue weighted by molar-refractivity contribution is 7.16. The number of fused-ring (bicyclic) bond motifs is 1. The van der Waals surface area contributed by atoms with Crippen LogP contribution in [-0.4, -0.2) is 19.8 Å². The lowest BCUT2D eigenvalue weighted by atomic mass is 10.0. The highest BCUT2D eigenvalue weighted by Crippen LogP contribution is 2.28. The molecule has 0 N–H and O–H groups in total. The molecule has 3 rings (SSSR count). The van der Waals surface area contributed by atoms with Crippen LogP contribution in [0, 0.1) is 13.8 Å². The van der Waals surface area contributed by atoms with Crippen molar-refractivity contribution >= 4 is 16.3 Å². The molecule has 0 bridgehead atoms. The van der Waals surface area contributed by atoms with Crippen LogP contribution in [0.4, 0.5) is 0 Å². The van der Waals surface area contributed by atoms with Crippen molar-refractivity contribution in [3.8, 4) is 5.75 Å². The maximum absolute atomic E-state index is 12.0. The van der Waals surface area contributed by atoms with Gasteiger partial charge in [0.05, 0.1) is 0 Å². The molecule has 6 nitrogen and oxygen atoms in total. The third-order valence-electron chi connectivity index (χ3n) is 3.53. The molecule has 2 aromatic heterocycles. The van der Waals surface area contributed by atoms with Crippen LogP contribution >= 0.6 is 11.3 Å². The summed E-state index contributed by atoms with van der Waals surface area (Å²) in [6.07, 6.45) is 0. The van der Waals surface area contributed by atoms with Gasteiger partial charge in [0, 0.05) is 0 Å². The number of hydrogen-bond donors (Lipinski definition) is 0. The first-order chi connectivity index (χ1) is 11.0. The van der Waals surface area contributed by atoms with Crippen molar-refractivity contribution in [2.45, 2.75) is 40.2 Å². The molecule has 120 valence electrons. The van der Waals surface area contributed by atoms with E-state index >= 15 is 0 Å². The molecule has 0 atom stereocenters. The maximum atomic E-state index is 12.0. The Hall–Kier alpha value is -2.28. The fourth-order valence-corrected chi connectivity index (χ4v) is 3.02. The summed E-state index contributed by atoms with van der Waals surface area (Å²) in [7, 11) is 0. The van der Waals surface area contributed by atoms with Crippen molar-refractivity contribution in [1.82, 2.24) is 19.8 Å². The molecule has 0 saturated heterocycles. The van der Waals surface area contributed by atoms with Crippen molar-refractivity contribution in [1.29, 1.82) is 0 Å². The first kappa shape index (κ1) is 15.6. The van der Waals surface area contributed by atoms with E-state index in [0.717, 1.165) is 16.9 Å². The maximum Gasteiger partial charge on any atom is 0.296 e. The molecule has 0 amide bonds. The smallest absolute Gasteiger partial charge is 0.296 e. The van der Waals surface area contributed by atoms with Gasteiger partial charge in [0.2, 0.25) is 4.96 Å². The standard InChI is InChI=1S/C16H18N4O2S/c1-9(2)12-6-5-10(3)7-13(12)22-8-14-19-20-15(21)11(4)17-18-16(20)23-14/h5-7,9H,8H2,1-4H3. The normalized spacial score (nSPS) is 11.3. The van der Waals surface area contributed by atoms with E-state index in [1.165, 1.54) is 15.9 Å². The van der Waals surface area contributed by atoms with E-state index in [-0.39, 0.29) is 5.56 Å². The molecule has 7 heteroatoms. The molecule has 0 fully saturated rings. The molecule has 23 heavy (non-hydrogen) atoms. The lowest BCUT2D eigenvalue weighted by Gasteiger charge is -2.13. The Bertz CT molecular complexity index is 914. The summed E-state index contributed by atoms with van der Waals surface area (Å²) in [6.45, 7) is 8.22. The van der Waals surface area contributed by atoms with Gasteiger partial charge in [-0.05, 0) is 37.0 Å². The zero-order valence-electron chi connectivity index (χ0n) is 13.5. The minimum atomic E-state index is -0.240. The van der Waals surface area contributed by atoms with E-state index in [2.05, 4.69) is 41.3 Å². The van der Waals surface area contributed by atoms with Gasteiger partial charge < -0.3 is 4.74 Å². The summed E-state index contributed by atoms with van der Waals surface area (Å²) in [4.78, 5) is 12.4. The fraction of sp³-hybridized carbons (Fsp3) is 0.375. The monoisotopic (exact) mass is 330 g/mol. The second-order valence-electron chi connectivity index (χ2n) is 5.77. The first-order valence-electron chi connectivity index (χ1n) is 7.41. The molecule has 0 aliphatic carbocycles. The zero-order valence-corrected chi connectivity index (χ0v) is 14.3. The predicted octanol–water partition coefficient (Wildman–Crippen LogP) is 2.87. The number of aryl methyl sites for hydroxylation is 2. The highest BCUT2D eigenvalue weighted by Gasteiger charge is 2.12. The molecule has 0 spiro atoms. The predicted molar refractivity (Wildman–Crippen MR) is 89.3 cm³/mol. The number of benzene rings is 1. The van der Waals surface area contributed by atoms with Gasteiger partial charge in [0.15, 0.2) is 5.01 Å². The van der Waals surface area contributed by atoms with Crippen molar-refractivity contribution in [3.05, 3.63) is 50.4 Å². The van der Waals surface area contributed by atoms with Crippen LogP contribution in [-0.2, 0) is 6.61 Å². The van der Waals surface area contributed by atoms with Crippen LogP contribution in [0.1, 0.15) is 41.6 Å². The zero-order chi connectivity index (χ0) is 16.6. The van der Waals surface area contributed by atoms with Gasteiger partial charge >= 0.3 is 0 Å². The van der Waals surface area contributed by atoms with Crippen LogP contribution in [0.25, 0.3) is 4.96 Å². The van der Waals surface area contributed by atoms with E-state index in [9.17, 15) is 4.79 Å². The number of ether oxygens (including phenoxy) is 1. The van der Waals surface area contributed by atoms with E-state index in [1.807, 2.05) is 13.0 Å². The summed E-state index contributed by atoms with van der Waals surface area (Å²) in [5.41, 5.74) is 2.40. The second kappa shape index (κ2) is 6.08. The molecular weight excluding hydrogens is 312 g/mol. The second-order valence-corrected chi connectivity index (χ2v) is 6.81. The van der Waals surface area contributed by atoms with Gasteiger partial charge in [0.25, 0.3) is 5.56 Å². The van der Waals surface area contributed by atoms with E-state index in [0.29, 0.717) is 28.2 Å². The molecule has 0 saturated carbocycles. The largest absolute Gasteiger partial charge is 0.486 e. The van der Waals surface area contributed by atoms with Crippen molar-refractivity contribution in [3.63, 3.8) is 0 Å². The number of aromatic nitrogens is 4. The van der Waals surface area contributed by atoms with E-state index in [1.54, 1.807) is 6.92 Å². The first-order valence-corrected chi connectivity index (χ1v) is 8.22. The summed E-state index contributed by atoms with van der Waals surface area (Å²) in [6, 6.07) is 6.20. The topological polar surface area (TPSA) is 69.4 Å². The fourth-order valence-electron chi connectivity index (χ4n) is 2.27. The van der Waals surface area contributed by atoms with Gasteiger partial charge in [-0.2, -0.15) is 9.61 Å². The van der Waals surface area contributed by atoms with Crippen LogP contribution in [0.5, 0.6) is 5.75 Å². The lowest BCUT2D eigenvalue weighted by Crippen LogP contribution is -2.19. The Balaban J connectivity index is 1.88. The molecule has 0 unspecified atom stereocenters. The molecule has 0 radical (unpaired) electrons. The Morgan fingerprint density at radius 2 is 2.04 bits per heavy atom. The Labute approximate surface area is 137 Å². The van der Waals surface area contributed by atoms with Crippen LogP contribution in [0.3, 0.4) is 0 Å². The quantitative estimate of drug-likeness (QED) is 0.736. The molecule has 2 heterocycles. The van der Waals surface area contributed by atoms with Crippen LogP contribution < -0.4 is 10.3 Å². The van der Waals surface area contributed by atoms with E-state index in [4.69, 9.17) is 4.74 Å². The Morgan fingerprint density at radius 1 is 1.26 bits per heavy atom. The van der Waals surface area contributed by atoms with Gasteiger partial charge in [-0.1, -0.05) is 37.3 Å². The van der Waals surface area contributed by atoms with Crippen LogP contribution in [0.2, 0.25) is 0 Å². The third kappa shape index (κ3) is 3.10. The molecule has 0 aliphatic heterocycles. The molecule has 3 aromatic rings. The average molecular weight is 330 g/mol. The van der Waals surface area contributed by atoms with Crippen molar-refractivity contribution in [2.24, 2.45) is 0 Å². The summed E-state index contributed by atoms with van der Waals surface area (Å²) in [5.74, 6) is 1.23. The molecule has 1 aromatic carbocycles.